The average Bonchev–Trinajstić information content (AvgIpc) is 3.05. The number of nitrogens with zero attached hydrogens (tertiary/aromatic N) is 2. The summed E-state index contributed by atoms with van der Waals surface area (Å²) in [7, 11) is 0. The maximum absolute atomic E-state index is 12.7. The molecule has 2 amide bonds. The minimum atomic E-state index is -0.228. The standard InChI is InChI=1S/C15H27N3O2/c1-3-5-13(19)18-8-4-6-12(18)14(20)17-9-7-15(2,10-16)11-17/h12H,3-11,16H2,1-2H3. The third-order valence-electron chi connectivity index (χ3n) is 4.68. The molecule has 2 N–H and O–H groups in total. The molecule has 2 fully saturated rings. The van der Waals surface area contributed by atoms with Crippen LogP contribution in [0.25, 0.3) is 0 Å². The lowest BCUT2D eigenvalue weighted by Crippen LogP contribution is -2.47. The highest BCUT2D eigenvalue weighted by Crippen LogP contribution is 2.30. The van der Waals surface area contributed by atoms with Gasteiger partial charge in [0.25, 0.3) is 0 Å². The molecule has 114 valence electrons. The maximum Gasteiger partial charge on any atom is 0.245 e. The molecule has 0 aromatic rings. The van der Waals surface area contributed by atoms with Crippen LogP contribution in [0.5, 0.6) is 0 Å². The third kappa shape index (κ3) is 2.97. The number of hydrogen-bond acceptors (Lipinski definition) is 3. The largest absolute Gasteiger partial charge is 0.340 e. The van der Waals surface area contributed by atoms with Crippen molar-refractivity contribution < 1.29 is 9.59 Å². The Kier molecular flexibility index (Phi) is 4.68. The van der Waals surface area contributed by atoms with Gasteiger partial charge in [-0.3, -0.25) is 9.59 Å². The fraction of sp³-hybridized carbons (Fsp3) is 0.867. The maximum atomic E-state index is 12.7. The summed E-state index contributed by atoms with van der Waals surface area (Å²) in [5.74, 6) is 0.258. The number of hydrogen-bond donors (Lipinski definition) is 1. The van der Waals surface area contributed by atoms with Crippen molar-refractivity contribution in [3.05, 3.63) is 0 Å². The number of carbonyl (C=O) groups is 2. The van der Waals surface area contributed by atoms with Crippen LogP contribution in [0, 0.1) is 5.41 Å². The zero-order chi connectivity index (χ0) is 14.8. The molecule has 2 saturated heterocycles. The van der Waals surface area contributed by atoms with E-state index in [9.17, 15) is 9.59 Å². The molecule has 2 unspecified atom stereocenters. The summed E-state index contributed by atoms with van der Waals surface area (Å²) in [6.45, 7) is 6.98. The predicted molar refractivity (Wildman–Crippen MR) is 78.0 cm³/mol. The van der Waals surface area contributed by atoms with E-state index >= 15 is 0 Å². The van der Waals surface area contributed by atoms with E-state index < -0.39 is 0 Å². The first kappa shape index (κ1) is 15.3. The van der Waals surface area contributed by atoms with Crippen LogP contribution < -0.4 is 5.73 Å². The summed E-state index contributed by atoms with van der Waals surface area (Å²) >= 11 is 0. The van der Waals surface area contributed by atoms with Crippen LogP contribution in [0.4, 0.5) is 0 Å². The SMILES string of the molecule is CCCC(=O)N1CCCC1C(=O)N1CCC(C)(CN)C1. The fourth-order valence-electron chi connectivity index (χ4n) is 3.27. The van der Waals surface area contributed by atoms with Crippen molar-refractivity contribution in [1.82, 2.24) is 9.80 Å². The summed E-state index contributed by atoms with van der Waals surface area (Å²) in [5, 5.41) is 0. The zero-order valence-electron chi connectivity index (χ0n) is 12.7. The highest BCUT2D eigenvalue weighted by atomic mass is 16.2. The molecule has 0 aliphatic carbocycles. The first-order valence-corrected chi connectivity index (χ1v) is 7.79. The molecule has 0 spiro atoms. The number of likely N-dealkylation sites (tertiary alicyclic amines) is 2. The van der Waals surface area contributed by atoms with E-state index in [0.29, 0.717) is 13.0 Å². The van der Waals surface area contributed by atoms with Crippen LogP contribution in [0.3, 0.4) is 0 Å². The topological polar surface area (TPSA) is 66.6 Å². The van der Waals surface area contributed by atoms with Crippen LogP contribution in [-0.2, 0) is 9.59 Å². The van der Waals surface area contributed by atoms with E-state index in [0.717, 1.165) is 45.3 Å². The molecule has 2 aliphatic rings. The highest BCUT2D eigenvalue weighted by molar-refractivity contribution is 5.88. The summed E-state index contributed by atoms with van der Waals surface area (Å²) < 4.78 is 0. The van der Waals surface area contributed by atoms with Crippen LogP contribution in [0.2, 0.25) is 0 Å². The highest BCUT2D eigenvalue weighted by Gasteiger charge is 2.41. The van der Waals surface area contributed by atoms with Gasteiger partial charge >= 0.3 is 0 Å². The second kappa shape index (κ2) is 6.12. The molecule has 0 aromatic carbocycles. The molecule has 0 aromatic heterocycles. The number of carbonyl (C=O) groups excluding carboxylic acids is 2. The van der Waals surface area contributed by atoms with Gasteiger partial charge in [-0.15, -0.1) is 0 Å². The van der Waals surface area contributed by atoms with Gasteiger partial charge in [0, 0.05) is 26.1 Å². The van der Waals surface area contributed by atoms with Crippen molar-refractivity contribution in [3.8, 4) is 0 Å². The summed E-state index contributed by atoms with van der Waals surface area (Å²) in [6, 6.07) is -0.228. The molecule has 0 saturated carbocycles. The van der Waals surface area contributed by atoms with Crippen molar-refractivity contribution in [2.75, 3.05) is 26.2 Å². The van der Waals surface area contributed by atoms with Crippen LogP contribution in [0.15, 0.2) is 0 Å². The zero-order valence-corrected chi connectivity index (χ0v) is 12.7. The van der Waals surface area contributed by atoms with E-state index in [2.05, 4.69) is 6.92 Å². The van der Waals surface area contributed by atoms with Crippen LogP contribution in [-0.4, -0.2) is 53.8 Å². The minimum absolute atomic E-state index is 0.0481. The van der Waals surface area contributed by atoms with Crippen LogP contribution in [0.1, 0.15) is 46.0 Å². The van der Waals surface area contributed by atoms with Crippen LogP contribution >= 0.6 is 0 Å². The molecule has 20 heavy (non-hydrogen) atoms. The summed E-state index contributed by atoms with van der Waals surface area (Å²) in [6.07, 6.45) is 4.10. The lowest BCUT2D eigenvalue weighted by molar-refractivity contribution is -0.143. The van der Waals surface area contributed by atoms with Gasteiger partial charge in [0.15, 0.2) is 0 Å². The lowest BCUT2D eigenvalue weighted by atomic mass is 9.90. The Morgan fingerprint density at radius 2 is 2.10 bits per heavy atom. The molecular formula is C15H27N3O2. The summed E-state index contributed by atoms with van der Waals surface area (Å²) in [5.41, 5.74) is 5.84. The Morgan fingerprint density at radius 3 is 2.70 bits per heavy atom. The van der Waals surface area contributed by atoms with Crippen molar-refractivity contribution >= 4 is 11.8 Å². The van der Waals surface area contributed by atoms with E-state index in [4.69, 9.17) is 5.73 Å². The molecule has 2 atom stereocenters. The van der Waals surface area contributed by atoms with E-state index in [1.165, 1.54) is 0 Å². The lowest BCUT2D eigenvalue weighted by Gasteiger charge is -2.29. The van der Waals surface area contributed by atoms with Crippen molar-refractivity contribution in [2.24, 2.45) is 11.1 Å². The monoisotopic (exact) mass is 281 g/mol. The Bertz CT molecular complexity index is 385. The summed E-state index contributed by atoms with van der Waals surface area (Å²) in [4.78, 5) is 28.5. The van der Waals surface area contributed by atoms with Crippen molar-refractivity contribution in [2.45, 2.75) is 52.0 Å². The first-order valence-electron chi connectivity index (χ1n) is 7.79. The van der Waals surface area contributed by atoms with E-state index in [1.807, 2.05) is 11.8 Å². The fourth-order valence-corrected chi connectivity index (χ4v) is 3.27. The van der Waals surface area contributed by atoms with Gasteiger partial charge < -0.3 is 15.5 Å². The Labute approximate surface area is 121 Å². The molecule has 2 heterocycles. The average molecular weight is 281 g/mol. The second-order valence-corrected chi connectivity index (χ2v) is 6.52. The minimum Gasteiger partial charge on any atom is -0.340 e. The molecule has 5 heteroatoms. The van der Waals surface area contributed by atoms with Gasteiger partial charge in [-0.05, 0) is 37.6 Å². The van der Waals surface area contributed by atoms with Gasteiger partial charge in [-0.1, -0.05) is 13.8 Å². The van der Waals surface area contributed by atoms with Crippen molar-refractivity contribution in [3.63, 3.8) is 0 Å². The molecule has 5 nitrogen and oxygen atoms in total. The van der Waals surface area contributed by atoms with E-state index in [1.54, 1.807) is 4.90 Å². The smallest absolute Gasteiger partial charge is 0.245 e. The first-order chi connectivity index (χ1) is 9.50. The Balaban J connectivity index is 2.00. The van der Waals surface area contributed by atoms with E-state index in [-0.39, 0.29) is 23.3 Å². The molecule has 0 radical (unpaired) electrons. The van der Waals surface area contributed by atoms with Gasteiger partial charge in [-0.2, -0.15) is 0 Å². The quantitative estimate of drug-likeness (QED) is 0.835. The van der Waals surface area contributed by atoms with Gasteiger partial charge in [0.1, 0.15) is 6.04 Å². The second-order valence-electron chi connectivity index (χ2n) is 6.52. The number of nitrogens with two attached hydrogens (primary N) is 1. The molecule has 2 aliphatic heterocycles. The number of rotatable bonds is 4. The van der Waals surface area contributed by atoms with Gasteiger partial charge in [0.2, 0.25) is 11.8 Å². The normalized spacial score (nSPS) is 30.1. The Hall–Kier alpha value is -1.10. The van der Waals surface area contributed by atoms with Gasteiger partial charge in [-0.25, -0.2) is 0 Å². The molecular weight excluding hydrogens is 254 g/mol. The van der Waals surface area contributed by atoms with Gasteiger partial charge in [0.05, 0.1) is 0 Å². The third-order valence-corrected chi connectivity index (χ3v) is 4.68. The van der Waals surface area contributed by atoms with Crippen molar-refractivity contribution in [1.29, 1.82) is 0 Å². The number of amides is 2. The Morgan fingerprint density at radius 1 is 1.35 bits per heavy atom. The molecule has 0 bridgehead atoms. The predicted octanol–water partition coefficient (Wildman–Crippen LogP) is 0.975. The molecule has 2 rings (SSSR count).